The zero-order valence-corrected chi connectivity index (χ0v) is 8.03. The lowest BCUT2D eigenvalue weighted by atomic mass is 9.92. The van der Waals surface area contributed by atoms with Crippen LogP contribution in [0.1, 0.15) is 0 Å². The van der Waals surface area contributed by atoms with Crippen LogP contribution < -0.4 is 5.32 Å². The van der Waals surface area contributed by atoms with Crippen LogP contribution in [0.25, 0.3) is 0 Å². The van der Waals surface area contributed by atoms with Crippen molar-refractivity contribution < 1.29 is 35.4 Å². The minimum Gasteiger partial charge on any atom is -0.394 e. The third kappa shape index (κ3) is 1.75. The third-order valence-corrected chi connectivity index (χ3v) is 2.51. The van der Waals surface area contributed by atoms with Gasteiger partial charge in [-0.25, -0.2) is 0 Å². The average molecular weight is 225 g/mol. The number of aliphatic hydroxyl groups is 6. The number of likely N-dealkylation sites (N-methyl/N-ethyl adjacent to an activating group) is 1. The van der Waals surface area contributed by atoms with Gasteiger partial charge in [0, 0.05) is 0 Å². The first-order valence-electron chi connectivity index (χ1n) is 4.31. The third-order valence-electron chi connectivity index (χ3n) is 2.51. The molecule has 8 nitrogen and oxygen atoms in total. The van der Waals surface area contributed by atoms with Crippen LogP contribution >= 0.6 is 0 Å². The predicted molar refractivity (Wildman–Crippen MR) is 45.2 cm³/mol. The lowest BCUT2D eigenvalue weighted by Crippen LogP contribution is -2.77. The summed E-state index contributed by atoms with van der Waals surface area (Å²) in [7, 11) is 1.14. The number of aliphatic hydroxyl groups excluding tert-OH is 3. The molecule has 0 aromatic heterocycles. The summed E-state index contributed by atoms with van der Waals surface area (Å²) in [5.41, 5.74) is -2.64. The van der Waals surface area contributed by atoms with Crippen molar-refractivity contribution in [3.63, 3.8) is 0 Å². The van der Waals surface area contributed by atoms with Gasteiger partial charge >= 0.3 is 5.97 Å². The molecule has 15 heavy (non-hydrogen) atoms. The topological polar surface area (TPSA) is 143 Å². The molecule has 0 radical (unpaired) electrons. The van der Waals surface area contributed by atoms with Crippen molar-refractivity contribution in [2.45, 2.75) is 30.0 Å². The molecule has 0 spiro atoms. The van der Waals surface area contributed by atoms with Gasteiger partial charge in [-0.15, -0.1) is 0 Å². The Morgan fingerprint density at radius 3 is 2.20 bits per heavy atom. The molecule has 0 aromatic rings. The van der Waals surface area contributed by atoms with E-state index in [2.05, 4.69) is 4.74 Å². The van der Waals surface area contributed by atoms with Crippen molar-refractivity contribution >= 4 is 0 Å². The summed E-state index contributed by atoms with van der Waals surface area (Å²) in [6.45, 7) is -0.735. The monoisotopic (exact) mass is 225 g/mol. The van der Waals surface area contributed by atoms with E-state index in [1.54, 1.807) is 0 Å². The highest BCUT2D eigenvalue weighted by Gasteiger charge is 2.62. The molecule has 1 saturated heterocycles. The SMILES string of the molecule is CN[C@@]1(O)[C@@H](O)[C@H](O)[C@@H](CO)OC1(O)O. The minimum absolute atomic E-state index is 0.735. The zero-order chi connectivity index (χ0) is 11.9. The van der Waals surface area contributed by atoms with E-state index in [0.29, 0.717) is 0 Å². The zero-order valence-electron chi connectivity index (χ0n) is 8.03. The largest absolute Gasteiger partial charge is 0.394 e. The van der Waals surface area contributed by atoms with Crippen LogP contribution in [0, 0.1) is 0 Å². The van der Waals surface area contributed by atoms with Crippen molar-refractivity contribution in [1.29, 1.82) is 0 Å². The summed E-state index contributed by atoms with van der Waals surface area (Å²) in [6.07, 6.45) is -4.98. The van der Waals surface area contributed by atoms with Crippen molar-refractivity contribution in [3.8, 4) is 0 Å². The van der Waals surface area contributed by atoms with Gasteiger partial charge in [0.2, 0.25) is 5.72 Å². The molecule has 0 saturated carbocycles. The van der Waals surface area contributed by atoms with Gasteiger partial charge in [0.15, 0.2) is 0 Å². The normalized spacial score (nSPS) is 45.4. The van der Waals surface area contributed by atoms with Crippen LogP contribution in [0.5, 0.6) is 0 Å². The second-order valence-electron chi connectivity index (χ2n) is 3.40. The molecule has 0 bridgehead atoms. The standard InChI is InChI=1S/C7H15NO7/c1-8-6(12)5(11)4(10)3(2-9)15-7(6,13)14/h3-5,8-14H,2H2,1H3/t3-,4-,5+,6-/m1/s1. The maximum Gasteiger partial charge on any atom is 0.326 e. The highest BCUT2D eigenvalue weighted by atomic mass is 16.8. The Hall–Kier alpha value is -0.320. The fraction of sp³-hybridized carbons (Fsp3) is 1.00. The number of hydrogen-bond acceptors (Lipinski definition) is 8. The Bertz CT molecular complexity index is 235. The van der Waals surface area contributed by atoms with Gasteiger partial charge < -0.3 is 35.4 Å². The van der Waals surface area contributed by atoms with Gasteiger partial charge in [-0.2, -0.15) is 0 Å². The van der Waals surface area contributed by atoms with E-state index in [1.165, 1.54) is 0 Å². The second kappa shape index (κ2) is 3.92. The summed E-state index contributed by atoms with van der Waals surface area (Å²) in [4.78, 5) is 0. The summed E-state index contributed by atoms with van der Waals surface area (Å²) in [5.74, 6) is -3.12. The van der Waals surface area contributed by atoms with E-state index in [-0.39, 0.29) is 0 Å². The van der Waals surface area contributed by atoms with Gasteiger partial charge in [0.05, 0.1) is 6.61 Å². The van der Waals surface area contributed by atoms with Gasteiger partial charge in [0.25, 0.3) is 0 Å². The second-order valence-corrected chi connectivity index (χ2v) is 3.40. The van der Waals surface area contributed by atoms with Crippen molar-refractivity contribution in [1.82, 2.24) is 5.32 Å². The van der Waals surface area contributed by atoms with Crippen LogP contribution in [0.4, 0.5) is 0 Å². The molecule has 1 rings (SSSR count). The summed E-state index contributed by atoms with van der Waals surface area (Å²) >= 11 is 0. The molecule has 0 aromatic carbocycles. The van der Waals surface area contributed by atoms with Crippen LogP contribution in [0.15, 0.2) is 0 Å². The van der Waals surface area contributed by atoms with E-state index in [1.807, 2.05) is 5.32 Å². The van der Waals surface area contributed by atoms with Gasteiger partial charge in [-0.1, -0.05) is 0 Å². The Balaban J connectivity index is 3.01. The van der Waals surface area contributed by atoms with Crippen LogP contribution in [-0.2, 0) is 4.74 Å². The number of rotatable bonds is 2. The Kier molecular flexibility index (Phi) is 3.33. The number of hydrogen-bond donors (Lipinski definition) is 7. The fourth-order valence-corrected chi connectivity index (χ4v) is 1.47. The van der Waals surface area contributed by atoms with Gasteiger partial charge in [-0.3, -0.25) is 5.32 Å². The predicted octanol–water partition coefficient (Wildman–Crippen LogP) is -4.35. The Labute approximate surface area is 85.4 Å². The molecule has 7 N–H and O–H groups in total. The van der Waals surface area contributed by atoms with Crippen LogP contribution in [-0.4, -0.2) is 74.3 Å². The first-order valence-corrected chi connectivity index (χ1v) is 4.31. The van der Waals surface area contributed by atoms with Crippen molar-refractivity contribution in [2.75, 3.05) is 13.7 Å². The summed E-state index contributed by atoms with van der Waals surface area (Å²) < 4.78 is 4.45. The average Bonchev–Trinajstić information content (AvgIpc) is 2.20. The molecule has 1 aliphatic rings. The summed E-state index contributed by atoms with van der Waals surface area (Å²) in [5, 5.41) is 57.9. The van der Waals surface area contributed by atoms with E-state index < -0.39 is 36.6 Å². The van der Waals surface area contributed by atoms with E-state index in [4.69, 9.17) is 5.11 Å². The molecule has 1 heterocycles. The molecule has 0 amide bonds. The van der Waals surface area contributed by atoms with Crippen LogP contribution in [0.3, 0.4) is 0 Å². The lowest BCUT2D eigenvalue weighted by Gasteiger charge is -2.49. The molecule has 1 aliphatic heterocycles. The fourth-order valence-electron chi connectivity index (χ4n) is 1.47. The first kappa shape index (κ1) is 12.7. The van der Waals surface area contributed by atoms with Crippen molar-refractivity contribution in [2.24, 2.45) is 0 Å². The molecule has 4 atom stereocenters. The molecule has 0 unspecified atom stereocenters. The molecular formula is C7H15NO7. The maximum atomic E-state index is 9.63. The van der Waals surface area contributed by atoms with E-state index in [0.717, 1.165) is 7.05 Å². The summed E-state index contributed by atoms with van der Waals surface area (Å²) in [6, 6.07) is 0. The van der Waals surface area contributed by atoms with E-state index in [9.17, 15) is 25.5 Å². The molecule has 1 fully saturated rings. The number of nitrogens with one attached hydrogen (secondary N) is 1. The van der Waals surface area contributed by atoms with E-state index >= 15 is 0 Å². The van der Waals surface area contributed by atoms with Crippen LogP contribution in [0.2, 0.25) is 0 Å². The number of ether oxygens (including phenoxy) is 1. The highest BCUT2D eigenvalue weighted by Crippen LogP contribution is 2.32. The smallest absolute Gasteiger partial charge is 0.326 e. The van der Waals surface area contributed by atoms with Gasteiger partial charge in [0.1, 0.15) is 18.3 Å². The highest BCUT2D eigenvalue weighted by molar-refractivity contribution is 5.00. The Morgan fingerprint density at radius 1 is 1.27 bits per heavy atom. The molecule has 8 heteroatoms. The Morgan fingerprint density at radius 2 is 1.80 bits per heavy atom. The lowest BCUT2D eigenvalue weighted by molar-refractivity contribution is -0.474. The molecular weight excluding hydrogens is 210 g/mol. The molecule has 90 valence electrons. The van der Waals surface area contributed by atoms with Crippen molar-refractivity contribution in [3.05, 3.63) is 0 Å². The minimum atomic E-state index is -3.12. The van der Waals surface area contributed by atoms with Gasteiger partial charge in [-0.05, 0) is 7.05 Å². The molecule has 0 aliphatic carbocycles. The maximum absolute atomic E-state index is 9.63. The quantitative estimate of drug-likeness (QED) is 0.234. The first-order chi connectivity index (χ1) is 6.80.